The minimum absolute atomic E-state index is 0.0702. The summed E-state index contributed by atoms with van der Waals surface area (Å²) < 4.78 is 53.7. The van der Waals surface area contributed by atoms with Crippen LogP contribution in [0.1, 0.15) is 12.0 Å². The highest BCUT2D eigenvalue weighted by Crippen LogP contribution is 2.39. The van der Waals surface area contributed by atoms with E-state index in [-0.39, 0.29) is 6.04 Å². The van der Waals surface area contributed by atoms with Gasteiger partial charge in [0.05, 0.1) is 27.9 Å². The number of aliphatic imine (C=N–C) groups is 1. The number of benzene rings is 1. The normalized spacial score (nSPS) is 17.9. The molecule has 1 aromatic rings. The highest BCUT2D eigenvalue weighted by atomic mass is 19.4. The largest absolute Gasteiger partial charge is 0.493 e. The third-order valence-electron chi connectivity index (χ3n) is 4.71. The maximum atomic E-state index is 12.5. The molecule has 1 aromatic carbocycles. The van der Waals surface area contributed by atoms with E-state index in [2.05, 4.69) is 15.6 Å². The monoisotopic (exact) mass is 418 g/mol. The number of nitrogens with one attached hydrogen (secondary N) is 2. The topological polar surface area (TPSA) is 67.4 Å². The van der Waals surface area contributed by atoms with Gasteiger partial charge in [0.1, 0.15) is 0 Å². The van der Waals surface area contributed by atoms with E-state index in [1.165, 1.54) is 4.90 Å². The van der Waals surface area contributed by atoms with Crippen LogP contribution in [0.5, 0.6) is 17.2 Å². The first-order valence-corrected chi connectivity index (χ1v) is 9.35. The van der Waals surface area contributed by atoms with Crippen molar-refractivity contribution in [3.05, 3.63) is 17.7 Å². The summed E-state index contributed by atoms with van der Waals surface area (Å²) in [7, 11) is 6.32. The Kier molecular flexibility index (Phi) is 8.24. The predicted octanol–water partition coefficient (Wildman–Crippen LogP) is 2.06. The quantitative estimate of drug-likeness (QED) is 0.498. The van der Waals surface area contributed by atoms with Crippen LogP contribution >= 0.6 is 0 Å². The summed E-state index contributed by atoms with van der Waals surface area (Å²) in [5.41, 5.74) is 0.935. The van der Waals surface area contributed by atoms with Gasteiger partial charge < -0.3 is 24.8 Å². The van der Waals surface area contributed by atoms with Gasteiger partial charge in [0.2, 0.25) is 5.75 Å². The van der Waals surface area contributed by atoms with Crippen LogP contribution in [0.4, 0.5) is 13.2 Å². The fourth-order valence-electron chi connectivity index (χ4n) is 3.41. The molecule has 1 fully saturated rings. The number of hydrogen-bond acceptors (Lipinski definition) is 5. The number of methoxy groups -OCH3 is 3. The molecular formula is C19H29F3N4O3. The molecule has 0 amide bonds. The van der Waals surface area contributed by atoms with Gasteiger partial charge >= 0.3 is 6.18 Å². The van der Waals surface area contributed by atoms with Gasteiger partial charge in [-0.05, 0) is 18.9 Å². The molecule has 29 heavy (non-hydrogen) atoms. The lowest BCUT2D eigenvalue weighted by Crippen LogP contribution is -2.45. The van der Waals surface area contributed by atoms with E-state index >= 15 is 0 Å². The lowest BCUT2D eigenvalue weighted by Gasteiger charge is -2.20. The third kappa shape index (κ3) is 6.59. The van der Waals surface area contributed by atoms with Gasteiger partial charge in [0, 0.05) is 38.3 Å². The number of guanidine groups is 1. The smallest absolute Gasteiger partial charge is 0.401 e. The minimum atomic E-state index is -4.17. The molecule has 0 saturated carbocycles. The molecule has 1 heterocycles. The zero-order valence-corrected chi connectivity index (χ0v) is 17.2. The van der Waals surface area contributed by atoms with Gasteiger partial charge in [-0.1, -0.05) is 6.07 Å². The SMILES string of the molecule is CN=C(NCCc1ccc(OC)c(OC)c1OC)NC1CCN(CC(F)(F)F)C1. The van der Waals surface area contributed by atoms with Crippen LogP contribution in [0.3, 0.4) is 0 Å². The van der Waals surface area contributed by atoms with Crippen LogP contribution in [-0.4, -0.2) is 77.6 Å². The number of rotatable bonds is 8. The molecule has 164 valence electrons. The summed E-state index contributed by atoms with van der Waals surface area (Å²) in [5, 5.41) is 6.39. The van der Waals surface area contributed by atoms with E-state index in [0.717, 1.165) is 5.56 Å². The Morgan fingerprint density at radius 2 is 1.90 bits per heavy atom. The second-order valence-electron chi connectivity index (χ2n) is 6.72. The molecule has 1 unspecified atom stereocenters. The van der Waals surface area contributed by atoms with Crippen molar-refractivity contribution in [1.82, 2.24) is 15.5 Å². The first kappa shape index (κ1) is 22.9. The third-order valence-corrected chi connectivity index (χ3v) is 4.71. The highest BCUT2D eigenvalue weighted by Gasteiger charge is 2.34. The molecule has 0 aliphatic carbocycles. The van der Waals surface area contributed by atoms with E-state index in [4.69, 9.17) is 14.2 Å². The molecule has 0 bridgehead atoms. The van der Waals surface area contributed by atoms with Gasteiger partial charge in [-0.2, -0.15) is 13.2 Å². The lowest BCUT2D eigenvalue weighted by molar-refractivity contribution is -0.143. The molecule has 1 aliphatic rings. The van der Waals surface area contributed by atoms with Crippen molar-refractivity contribution in [1.29, 1.82) is 0 Å². The van der Waals surface area contributed by atoms with Crippen molar-refractivity contribution in [3.63, 3.8) is 0 Å². The van der Waals surface area contributed by atoms with E-state index in [1.807, 2.05) is 12.1 Å². The van der Waals surface area contributed by atoms with E-state index in [1.54, 1.807) is 28.4 Å². The second kappa shape index (κ2) is 10.4. The molecule has 1 aliphatic heterocycles. The van der Waals surface area contributed by atoms with Gasteiger partial charge in [-0.25, -0.2) is 0 Å². The summed E-state index contributed by atoms with van der Waals surface area (Å²) >= 11 is 0. The predicted molar refractivity (Wildman–Crippen MR) is 105 cm³/mol. The van der Waals surface area contributed by atoms with Crippen molar-refractivity contribution in [3.8, 4) is 17.2 Å². The zero-order chi connectivity index (χ0) is 21.4. The summed E-state index contributed by atoms with van der Waals surface area (Å²) in [5.74, 6) is 2.28. The van der Waals surface area contributed by atoms with Crippen LogP contribution in [0.15, 0.2) is 17.1 Å². The van der Waals surface area contributed by atoms with E-state index in [9.17, 15) is 13.2 Å². The molecule has 7 nitrogen and oxygen atoms in total. The Morgan fingerprint density at radius 1 is 1.17 bits per heavy atom. The Hall–Kier alpha value is -2.36. The first-order chi connectivity index (χ1) is 13.8. The van der Waals surface area contributed by atoms with Gasteiger partial charge in [0.25, 0.3) is 0 Å². The second-order valence-corrected chi connectivity index (χ2v) is 6.72. The van der Waals surface area contributed by atoms with Gasteiger partial charge in [-0.15, -0.1) is 0 Å². The van der Waals surface area contributed by atoms with Crippen molar-refractivity contribution in [2.75, 3.05) is 54.6 Å². The zero-order valence-electron chi connectivity index (χ0n) is 17.2. The fraction of sp³-hybridized carbons (Fsp3) is 0.632. The standard InChI is InChI=1S/C19H29F3N4O3/c1-23-18(25-14-8-10-26(11-14)12-19(20,21)22)24-9-7-13-5-6-15(27-2)17(29-4)16(13)28-3/h5-6,14H,7-12H2,1-4H3,(H2,23,24,25). The molecular weight excluding hydrogens is 389 g/mol. The van der Waals surface area contributed by atoms with E-state index in [0.29, 0.717) is 55.7 Å². The van der Waals surface area contributed by atoms with E-state index < -0.39 is 12.7 Å². The maximum Gasteiger partial charge on any atom is 0.401 e. The fourth-order valence-corrected chi connectivity index (χ4v) is 3.41. The first-order valence-electron chi connectivity index (χ1n) is 9.35. The van der Waals surface area contributed by atoms with Crippen molar-refractivity contribution in [2.24, 2.45) is 4.99 Å². The molecule has 0 radical (unpaired) electrons. The number of ether oxygens (including phenoxy) is 3. The molecule has 0 spiro atoms. The van der Waals surface area contributed by atoms with Crippen LogP contribution < -0.4 is 24.8 Å². The summed E-state index contributed by atoms with van der Waals surface area (Å²) in [6.45, 7) is 0.432. The Labute approximate surface area is 169 Å². The average Bonchev–Trinajstić information content (AvgIpc) is 3.11. The summed E-state index contributed by atoms with van der Waals surface area (Å²) in [4.78, 5) is 5.57. The molecule has 2 N–H and O–H groups in total. The molecule has 2 rings (SSSR count). The number of alkyl halides is 3. The average molecular weight is 418 g/mol. The minimum Gasteiger partial charge on any atom is -0.493 e. The molecule has 10 heteroatoms. The summed E-state index contributed by atoms with van der Waals surface area (Å²) in [6, 6.07) is 3.65. The Morgan fingerprint density at radius 3 is 2.48 bits per heavy atom. The van der Waals surface area contributed by atoms with Gasteiger partial charge in [-0.3, -0.25) is 9.89 Å². The molecule has 1 atom stereocenters. The number of halogens is 3. The molecule has 1 saturated heterocycles. The van der Waals surface area contributed by atoms with Crippen molar-refractivity contribution in [2.45, 2.75) is 25.1 Å². The summed E-state index contributed by atoms with van der Waals surface area (Å²) in [6.07, 6.45) is -2.90. The van der Waals surface area contributed by atoms with Crippen molar-refractivity contribution < 1.29 is 27.4 Å². The van der Waals surface area contributed by atoms with Crippen LogP contribution in [-0.2, 0) is 6.42 Å². The maximum absolute atomic E-state index is 12.5. The van der Waals surface area contributed by atoms with Crippen molar-refractivity contribution >= 4 is 5.96 Å². The van der Waals surface area contributed by atoms with Gasteiger partial charge in [0.15, 0.2) is 17.5 Å². The number of hydrogen-bond donors (Lipinski definition) is 2. The lowest BCUT2D eigenvalue weighted by atomic mass is 10.1. The molecule has 0 aromatic heterocycles. The van der Waals surface area contributed by atoms with Crippen LogP contribution in [0.25, 0.3) is 0 Å². The highest BCUT2D eigenvalue weighted by molar-refractivity contribution is 5.80. The Bertz CT molecular complexity index is 698. The Balaban J connectivity index is 1.88. The van der Waals surface area contributed by atoms with Crippen LogP contribution in [0.2, 0.25) is 0 Å². The number of likely N-dealkylation sites (tertiary alicyclic amines) is 1. The number of nitrogens with zero attached hydrogens (tertiary/aromatic N) is 2. The van der Waals surface area contributed by atoms with Crippen LogP contribution in [0, 0.1) is 0 Å².